The highest BCUT2D eigenvalue weighted by Crippen LogP contribution is 2.31. The Morgan fingerprint density at radius 3 is 3.00 bits per heavy atom. The van der Waals surface area contributed by atoms with Gasteiger partial charge in [-0.05, 0) is 38.0 Å². The first-order valence-electron chi connectivity index (χ1n) is 8.04. The highest BCUT2D eigenvalue weighted by atomic mass is 32.2. The molecule has 0 spiro atoms. The third-order valence-corrected chi connectivity index (χ3v) is 5.37. The van der Waals surface area contributed by atoms with Gasteiger partial charge < -0.3 is 15.0 Å². The van der Waals surface area contributed by atoms with E-state index >= 15 is 0 Å². The van der Waals surface area contributed by atoms with E-state index in [-0.39, 0.29) is 0 Å². The van der Waals surface area contributed by atoms with Crippen molar-refractivity contribution in [3.05, 3.63) is 40.7 Å². The largest absolute Gasteiger partial charge is 0.496 e. The minimum absolute atomic E-state index is 0.764. The highest BCUT2D eigenvalue weighted by molar-refractivity contribution is 7.98. The Morgan fingerprint density at radius 2 is 2.17 bits per heavy atom. The number of benzene rings is 1. The van der Waals surface area contributed by atoms with Crippen LogP contribution in [0.2, 0.25) is 0 Å². The maximum atomic E-state index is 5.48. The van der Waals surface area contributed by atoms with Crippen LogP contribution in [0.1, 0.15) is 22.4 Å². The second-order valence-corrected chi connectivity index (χ2v) is 7.04. The Hall–Kier alpha value is -2.21. The standard InChI is InChI=1S/C18H20N4OS/c1-10-8-20-16(11(2)17(10)23-3)9-24-18-21-14-6-12-4-5-19-13(12)7-15(14)22-18/h6-8,19H,4-5,9H2,1-3H3,(H,21,22). The number of thioether (sulfide) groups is 1. The fourth-order valence-corrected chi connectivity index (χ4v) is 4.11. The molecular weight excluding hydrogens is 320 g/mol. The zero-order valence-electron chi connectivity index (χ0n) is 14.1. The van der Waals surface area contributed by atoms with E-state index in [1.54, 1.807) is 18.9 Å². The van der Waals surface area contributed by atoms with Crippen LogP contribution >= 0.6 is 11.8 Å². The van der Waals surface area contributed by atoms with Crippen LogP contribution in [0.5, 0.6) is 5.75 Å². The second-order valence-electron chi connectivity index (χ2n) is 6.08. The van der Waals surface area contributed by atoms with Crippen molar-refractivity contribution in [2.24, 2.45) is 0 Å². The Balaban J connectivity index is 1.57. The maximum absolute atomic E-state index is 5.48. The average Bonchev–Trinajstić information content (AvgIpc) is 3.17. The van der Waals surface area contributed by atoms with Crippen molar-refractivity contribution in [2.45, 2.75) is 31.2 Å². The van der Waals surface area contributed by atoms with Gasteiger partial charge in [-0.3, -0.25) is 4.98 Å². The molecule has 0 saturated heterocycles. The molecule has 0 bridgehead atoms. The number of hydrogen-bond acceptors (Lipinski definition) is 5. The van der Waals surface area contributed by atoms with Crippen LogP contribution in [0, 0.1) is 13.8 Å². The van der Waals surface area contributed by atoms with Crippen LogP contribution in [0.4, 0.5) is 5.69 Å². The fraction of sp³-hybridized carbons (Fsp3) is 0.333. The summed E-state index contributed by atoms with van der Waals surface area (Å²) < 4.78 is 5.48. The maximum Gasteiger partial charge on any atom is 0.166 e. The number of H-pyrrole nitrogens is 1. The molecule has 0 atom stereocenters. The minimum atomic E-state index is 0.764. The van der Waals surface area contributed by atoms with Crippen molar-refractivity contribution in [1.29, 1.82) is 0 Å². The van der Waals surface area contributed by atoms with Gasteiger partial charge in [-0.25, -0.2) is 4.98 Å². The van der Waals surface area contributed by atoms with Crippen molar-refractivity contribution in [2.75, 3.05) is 19.0 Å². The lowest BCUT2D eigenvalue weighted by molar-refractivity contribution is 0.407. The minimum Gasteiger partial charge on any atom is -0.496 e. The number of anilines is 1. The molecule has 0 fully saturated rings. The number of pyridine rings is 1. The van der Waals surface area contributed by atoms with Gasteiger partial charge in [-0.2, -0.15) is 0 Å². The summed E-state index contributed by atoms with van der Waals surface area (Å²) in [5.74, 6) is 1.69. The fourth-order valence-electron chi connectivity index (χ4n) is 3.20. The van der Waals surface area contributed by atoms with E-state index in [9.17, 15) is 0 Å². The number of ether oxygens (including phenoxy) is 1. The smallest absolute Gasteiger partial charge is 0.166 e. The van der Waals surface area contributed by atoms with Crippen LogP contribution < -0.4 is 10.1 Å². The predicted molar refractivity (Wildman–Crippen MR) is 98.1 cm³/mol. The van der Waals surface area contributed by atoms with E-state index in [0.29, 0.717) is 0 Å². The first-order valence-corrected chi connectivity index (χ1v) is 9.02. The van der Waals surface area contributed by atoms with Crippen LogP contribution in [0.25, 0.3) is 11.0 Å². The molecule has 1 aliphatic rings. The average molecular weight is 340 g/mol. The molecule has 5 nitrogen and oxygen atoms in total. The Bertz CT molecular complexity index is 878. The molecule has 4 rings (SSSR count). The van der Waals surface area contributed by atoms with E-state index in [0.717, 1.165) is 57.5 Å². The third kappa shape index (κ3) is 2.60. The summed E-state index contributed by atoms with van der Waals surface area (Å²) in [6, 6.07) is 4.34. The zero-order chi connectivity index (χ0) is 16.7. The van der Waals surface area contributed by atoms with Gasteiger partial charge in [-0.1, -0.05) is 11.8 Å². The monoisotopic (exact) mass is 340 g/mol. The molecule has 0 radical (unpaired) electrons. The number of nitrogens with zero attached hydrogens (tertiary/aromatic N) is 2. The Kier molecular flexibility index (Phi) is 3.84. The number of hydrogen-bond donors (Lipinski definition) is 2. The summed E-state index contributed by atoms with van der Waals surface area (Å²) in [4.78, 5) is 12.7. The second kappa shape index (κ2) is 6.02. The van der Waals surface area contributed by atoms with Crippen LogP contribution in [0.15, 0.2) is 23.5 Å². The van der Waals surface area contributed by atoms with Gasteiger partial charge in [0.25, 0.3) is 0 Å². The molecule has 3 heterocycles. The summed E-state index contributed by atoms with van der Waals surface area (Å²) in [7, 11) is 1.71. The van der Waals surface area contributed by atoms with Gasteiger partial charge in [0.2, 0.25) is 0 Å². The van der Waals surface area contributed by atoms with Gasteiger partial charge in [-0.15, -0.1) is 0 Å². The van der Waals surface area contributed by atoms with E-state index in [4.69, 9.17) is 9.72 Å². The summed E-state index contributed by atoms with van der Waals surface area (Å²) in [5.41, 5.74) is 7.89. The van der Waals surface area contributed by atoms with Crippen molar-refractivity contribution in [1.82, 2.24) is 15.0 Å². The third-order valence-electron chi connectivity index (χ3n) is 4.49. The van der Waals surface area contributed by atoms with Crippen molar-refractivity contribution in [3.8, 4) is 5.75 Å². The summed E-state index contributed by atoms with van der Waals surface area (Å²) >= 11 is 1.67. The summed E-state index contributed by atoms with van der Waals surface area (Å²) in [5, 5.41) is 4.33. The molecule has 24 heavy (non-hydrogen) atoms. The number of imidazole rings is 1. The number of aromatic nitrogens is 3. The topological polar surface area (TPSA) is 62.8 Å². The molecule has 6 heteroatoms. The predicted octanol–water partition coefficient (Wildman–Crippen LogP) is 3.84. The molecule has 0 aliphatic carbocycles. The number of nitrogens with one attached hydrogen (secondary N) is 2. The molecule has 124 valence electrons. The van der Waals surface area contributed by atoms with Gasteiger partial charge in [0.05, 0.1) is 23.8 Å². The van der Waals surface area contributed by atoms with Gasteiger partial charge in [0.1, 0.15) is 5.75 Å². The molecule has 0 amide bonds. The van der Waals surface area contributed by atoms with Crippen molar-refractivity contribution in [3.63, 3.8) is 0 Å². The SMILES string of the molecule is COc1c(C)cnc(CSc2nc3cc4c(cc3[nH]2)CCN4)c1C. The van der Waals surface area contributed by atoms with E-state index in [1.807, 2.05) is 13.1 Å². The molecule has 0 saturated carbocycles. The molecule has 2 N–H and O–H groups in total. The van der Waals surface area contributed by atoms with Gasteiger partial charge >= 0.3 is 0 Å². The zero-order valence-corrected chi connectivity index (χ0v) is 14.9. The van der Waals surface area contributed by atoms with Crippen molar-refractivity contribution < 1.29 is 4.74 Å². The number of aromatic amines is 1. The molecule has 3 aromatic rings. The van der Waals surface area contributed by atoms with Crippen molar-refractivity contribution >= 4 is 28.5 Å². The summed E-state index contributed by atoms with van der Waals surface area (Å²) in [6.07, 6.45) is 2.95. The lowest BCUT2D eigenvalue weighted by atomic mass is 10.1. The molecule has 1 aromatic carbocycles. The normalized spacial score (nSPS) is 13.1. The first-order chi connectivity index (χ1) is 11.7. The van der Waals surface area contributed by atoms with E-state index < -0.39 is 0 Å². The molecule has 2 aromatic heterocycles. The van der Waals surface area contributed by atoms with Crippen LogP contribution in [-0.2, 0) is 12.2 Å². The Labute approximate surface area is 145 Å². The van der Waals surface area contributed by atoms with Gasteiger partial charge in [0.15, 0.2) is 5.16 Å². The first kappa shape index (κ1) is 15.3. The van der Waals surface area contributed by atoms with Gasteiger partial charge in [0, 0.05) is 35.3 Å². The van der Waals surface area contributed by atoms with Crippen LogP contribution in [-0.4, -0.2) is 28.6 Å². The number of methoxy groups -OCH3 is 1. The van der Waals surface area contributed by atoms with E-state index in [1.165, 1.54) is 11.3 Å². The number of rotatable bonds is 4. The van der Waals surface area contributed by atoms with E-state index in [2.05, 4.69) is 34.3 Å². The Morgan fingerprint density at radius 1 is 1.29 bits per heavy atom. The highest BCUT2D eigenvalue weighted by Gasteiger charge is 2.14. The lowest BCUT2D eigenvalue weighted by Gasteiger charge is -2.11. The summed E-state index contributed by atoms with van der Waals surface area (Å²) in [6.45, 7) is 5.09. The van der Waals surface area contributed by atoms with Crippen LogP contribution in [0.3, 0.4) is 0 Å². The number of aryl methyl sites for hydroxylation is 1. The molecule has 0 unspecified atom stereocenters. The quantitative estimate of drug-likeness (QED) is 0.707. The molecular formula is C18H20N4OS. The lowest BCUT2D eigenvalue weighted by Crippen LogP contribution is -1.98. The molecule has 1 aliphatic heterocycles. The number of fused-ring (bicyclic) bond motifs is 2.